The van der Waals surface area contributed by atoms with Crippen molar-refractivity contribution in [3.05, 3.63) is 30.6 Å². The van der Waals surface area contributed by atoms with E-state index < -0.39 is 0 Å². The molecule has 1 amide bonds. The first-order valence-corrected chi connectivity index (χ1v) is 6.37. The molecule has 1 heterocycles. The molecular weight excluding hydrogens is 250 g/mol. The number of anilines is 2. The summed E-state index contributed by atoms with van der Waals surface area (Å²) in [6.45, 7) is 0. The molecule has 0 bridgehead atoms. The van der Waals surface area contributed by atoms with E-state index in [4.69, 9.17) is 5.73 Å². The number of aromatic amines is 1. The molecule has 18 heavy (non-hydrogen) atoms. The maximum atomic E-state index is 11.7. The fourth-order valence-corrected chi connectivity index (χ4v) is 2.05. The van der Waals surface area contributed by atoms with Gasteiger partial charge < -0.3 is 11.1 Å². The van der Waals surface area contributed by atoms with Crippen molar-refractivity contribution in [1.29, 1.82) is 0 Å². The van der Waals surface area contributed by atoms with E-state index in [9.17, 15) is 4.79 Å². The predicted molar refractivity (Wildman–Crippen MR) is 71.2 cm³/mol. The molecule has 0 spiro atoms. The summed E-state index contributed by atoms with van der Waals surface area (Å²) in [5, 5.41) is 9.92. The molecule has 0 fully saturated rings. The molecule has 2 aromatic rings. The van der Waals surface area contributed by atoms with Gasteiger partial charge >= 0.3 is 0 Å². The van der Waals surface area contributed by atoms with Crippen molar-refractivity contribution in [3.63, 3.8) is 0 Å². The number of thioether (sulfide) groups is 1. The molecule has 0 radical (unpaired) electrons. The Morgan fingerprint density at radius 2 is 2.28 bits per heavy atom. The lowest BCUT2D eigenvalue weighted by Crippen LogP contribution is -2.13. The second-order valence-electron chi connectivity index (χ2n) is 3.52. The van der Waals surface area contributed by atoms with E-state index in [0.29, 0.717) is 28.7 Å². The Balaban J connectivity index is 1.77. The molecule has 94 valence electrons. The molecule has 4 N–H and O–H groups in total. The normalized spacial score (nSPS) is 10.2. The SMILES string of the molecule is Nc1ccccc1NC(=O)CCSc1ncn[nH]1. The zero-order valence-electron chi connectivity index (χ0n) is 9.59. The number of para-hydroxylation sites is 2. The summed E-state index contributed by atoms with van der Waals surface area (Å²) in [5.41, 5.74) is 6.94. The second kappa shape index (κ2) is 6.06. The average molecular weight is 263 g/mol. The number of nitrogens with two attached hydrogens (primary N) is 1. The van der Waals surface area contributed by atoms with Gasteiger partial charge in [-0.1, -0.05) is 23.9 Å². The molecule has 0 saturated heterocycles. The van der Waals surface area contributed by atoms with E-state index in [0.717, 1.165) is 0 Å². The minimum atomic E-state index is -0.0695. The van der Waals surface area contributed by atoms with Gasteiger partial charge in [-0.2, -0.15) is 5.10 Å². The lowest BCUT2D eigenvalue weighted by atomic mass is 10.2. The molecular formula is C11H13N5OS. The number of hydrogen-bond donors (Lipinski definition) is 3. The monoisotopic (exact) mass is 263 g/mol. The topological polar surface area (TPSA) is 96.7 Å². The third-order valence-corrected chi connectivity index (χ3v) is 3.07. The van der Waals surface area contributed by atoms with E-state index in [2.05, 4.69) is 20.5 Å². The first-order chi connectivity index (χ1) is 8.75. The molecule has 0 aliphatic rings. The van der Waals surface area contributed by atoms with Gasteiger partial charge in [0.2, 0.25) is 5.91 Å². The van der Waals surface area contributed by atoms with Crippen LogP contribution in [0.4, 0.5) is 11.4 Å². The molecule has 0 saturated carbocycles. The summed E-state index contributed by atoms with van der Waals surface area (Å²) >= 11 is 1.45. The van der Waals surface area contributed by atoms with Crippen molar-refractivity contribution in [2.45, 2.75) is 11.6 Å². The molecule has 1 aromatic heterocycles. The van der Waals surface area contributed by atoms with Crippen LogP contribution in [0.3, 0.4) is 0 Å². The van der Waals surface area contributed by atoms with Gasteiger partial charge in [0, 0.05) is 12.2 Å². The minimum Gasteiger partial charge on any atom is -0.397 e. The zero-order valence-corrected chi connectivity index (χ0v) is 10.4. The smallest absolute Gasteiger partial charge is 0.225 e. The number of benzene rings is 1. The number of nitrogen functional groups attached to an aromatic ring is 1. The van der Waals surface area contributed by atoms with E-state index in [1.807, 2.05) is 12.1 Å². The lowest BCUT2D eigenvalue weighted by molar-refractivity contribution is -0.115. The number of aromatic nitrogens is 3. The van der Waals surface area contributed by atoms with Crippen LogP contribution in [0.5, 0.6) is 0 Å². The van der Waals surface area contributed by atoms with Gasteiger partial charge in [-0.3, -0.25) is 9.89 Å². The van der Waals surface area contributed by atoms with Gasteiger partial charge in [0.1, 0.15) is 6.33 Å². The van der Waals surface area contributed by atoms with Crippen LogP contribution in [-0.4, -0.2) is 26.8 Å². The number of carbonyl (C=O) groups is 1. The van der Waals surface area contributed by atoms with Crippen LogP contribution in [0, 0.1) is 0 Å². The maximum Gasteiger partial charge on any atom is 0.225 e. The number of H-pyrrole nitrogens is 1. The standard InChI is InChI=1S/C11H13N5OS/c12-8-3-1-2-4-9(8)15-10(17)5-6-18-11-13-7-14-16-11/h1-4,7H,5-6,12H2,(H,15,17)(H,13,14,16). The molecule has 0 aliphatic heterocycles. The second-order valence-corrected chi connectivity index (χ2v) is 4.61. The average Bonchev–Trinajstić information content (AvgIpc) is 2.85. The van der Waals surface area contributed by atoms with Crippen molar-refractivity contribution in [2.24, 2.45) is 0 Å². The summed E-state index contributed by atoms with van der Waals surface area (Å²) in [5.74, 6) is 0.563. The van der Waals surface area contributed by atoms with Crippen molar-refractivity contribution < 1.29 is 4.79 Å². The summed E-state index contributed by atoms with van der Waals surface area (Å²) in [7, 11) is 0. The first kappa shape index (κ1) is 12.4. The third-order valence-electron chi connectivity index (χ3n) is 2.20. The number of carbonyl (C=O) groups excluding carboxylic acids is 1. The number of rotatable bonds is 5. The summed E-state index contributed by atoms with van der Waals surface area (Å²) < 4.78 is 0. The Kier molecular flexibility index (Phi) is 4.19. The number of amides is 1. The zero-order chi connectivity index (χ0) is 12.8. The quantitative estimate of drug-likeness (QED) is 0.561. The summed E-state index contributed by atoms with van der Waals surface area (Å²) in [4.78, 5) is 15.6. The molecule has 0 atom stereocenters. The van der Waals surface area contributed by atoms with Crippen LogP contribution in [0.1, 0.15) is 6.42 Å². The van der Waals surface area contributed by atoms with Crippen molar-refractivity contribution >= 4 is 29.0 Å². The molecule has 7 heteroatoms. The van der Waals surface area contributed by atoms with E-state index in [1.54, 1.807) is 12.1 Å². The largest absolute Gasteiger partial charge is 0.397 e. The van der Waals surface area contributed by atoms with Gasteiger partial charge in [-0.05, 0) is 12.1 Å². The molecule has 0 unspecified atom stereocenters. The Morgan fingerprint density at radius 1 is 1.44 bits per heavy atom. The Labute approximate surface area is 108 Å². The summed E-state index contributed by atoms with van der Waals surface area (Å²) in [6, 6.07) is 7.18. The summed E-state index contributed by atoms with van der Waals surface area (Å²) in [6.07, 6.45) is 1.83. The van der Waals surface area contributed by atoms with E-state index in [-0.39, 0.29) is 5.91 Å². The Hall–Kier alpha value is -2.02. The van der Waals surface area contributed by atoms with Crippen molar-refractivity contribution in [1.82, 2.24) is 15.2 Å². The molecule has 6 nitrogen and oxygen atoms in total. The highest BCUT2D eigenvalue weighted by Gasteiger charge is 2.05. The Morgan fingerprint density at radius 3 is 3.00 bits per heavy atom. The number of nitrogens with zero attached hydrogens (tertiary/aromatic N) is 2. The molecule has 0 aliphatic carbocycles. The van der Waals surface area contributed by atoms with E-state index >= 15 is 0 Å². The van der Waals surface area contributed by atoms with Gasteiger partial charge in [0.15, 0.2) is 5.16 Å². The van der Waals surface area contributed by atoms with Crippen LogP contribution in [0.25, 0.3) is 0 Å². The van der Waals surface area contributed by atoms with Gasteiger partial charge in [-0.25, -0.2) is 4.98 Å². The van der Waals surface area contributed by atoms with E-state index in [1.165, 1.54) is 18.1 Å². The predicted octanol–water partition coefficient (Wildman–Crippen LogP) is 1.51. The molecule has 1 aromatic carbocycles. The molecule has 2 rings (SSSR count). The van der Waals surface area contributed by atoms with Crippen LogP contribution >= 0.6 is 11.8 Å². The van der Waals surface area contributed by atoms with Gasteiger partial charge in [0.05, 0.1) is 11.4 Å². The van der Waals surface area contributed by atoms with Crippen molar-refractivity contribution in [2.75, 3.05) is 16.8 Å². The van der Waals surface area contributed by atoms with Crippen LogP contribution in [-0.2, 0) is 4.79 Å². The van der Waals surface area contributed by atoms with Gasteiger partial charge in [-0.15, -0.1) is 0 Å². The lowest BCUT2D eigenvalue weighted by Gasteiger charge is -2.07. The van der Waals surface area contributed by atoms with Crippen LogP contribution in [0.2, 0.25) is 0 Å². The fourth-order valence-electron chi connectivity index (χ4n) is 1.33. The van der Waals surface area contributed by atoms with Crippen LogP contribution in [0.15, 0.2) is 35.7 Å². The maximum absolute atomic E-state index is 11.7. The van der Waals surface area contributed by atoms with Crippen molar-refractivity contribution in [3.8, 4) is 0 Å². The highest BCUT2D eigenvalue weighted by molar-refractivity contribution is 7.99. The highest BCUT2D eigenvalue weighted by atomic mass is 32.2. The highest BCUT2D eigenvalue weighted by Crippen LogP contribution is 2.17. The third kappa shape index (κ3) is 3.49. The first-order valence-electron chi connectivity index (χ1n) is 5.38. The number of nitrogens with one attached hydrogen (secondary N) is 2. The van der Waals surface area contributed by atoms with Gasteiger partial charge in [0.25, 0.3) is 0 Å². The van der Waals surface area contributed by atoms with Crippen LogP contribution < -0.4 is 11.1 Å². The fraction of sp³-hybridized carbons (Fsp3) is 0.182. The minimum absolute atomic E-state index is 0.0695. The Bertz CT molecular complexity index is 514. The number of hydrogen-bond acceptors (Lipinski definition) is 5.